The summed E-state index contributed by atoms with van der Waals surface area (Å²) < 4.78 is 5.29. The molecule has 0 amide bonds. The van der Waals surface area contributed by atoms with Crippen molar-refractivity contribution >= 4 is 23.4 Å². The van der Waals surface area contributed by atoms with E-state index in [0.29, 0.717) is 5.22 Å². The summed E-state index contributed by atoms with van der Waals surface area (Å²) in [4.78, 5) is 5.25. The van der Waals surface area contributed by atoms with Gasteiger partial charge in [0.25, 0.3) is 5.22 Å². The summed E-state index contributed by atoms with van der Waals surface area (Å²) in [6.45, 7) is 3.86. The topological polar surface area (TPSA) is 52.0 Å². The fraction of sp³-hybridized carbons (Fsp3) is 0.308. The van der Waals surface area contributed by atoms with Gasteiger partial charge in [-0.2, -0.15) is 0 Å². The van der Waals surface area contributed by atoms with E-state index in [9.17, 15) is 0 Å². The van der Waals surface area contributed by atoms with E-state index in [4.69, 9.17) is 21.8 Å². The molecule has 0 saturated heterocycles. The van der Waals surface area contributed by atoms with Gasteiger partial charge in [-0.05, 0) is 49.7 Å². The normalized spacial score (nSPS) is 12.7. The number of rotatable bonds is 4. The summed E-state index contributed by atoms with van der Waals surface area (Å²) in [5.41, 5.74) is 7.71. The van der Waals surface area contributed by atoms with E-state index in [0.717, 1.165) is 27.6 Å². The van der Waals surface area contributed by atoms with Crippen LogP contribution in [0.15, 0.2) is 39.0 Å². The summed E-state index contributed by atoms with van der Waals surface area (Å²) in [5.74, 6) is 0. The van der Waals surface area contributed by atoms with E-state index in [-0.39, 0.29) is 6.04 Å². The van der Waals surface area contributed by atoms with Gasteiger partial charge in [-0.1, -0.05) is 17.7 Å². The van der Waals surface area contributed by atoms with Gasteiger partial charge < -0.3 is 10.2 Å². The van der Waals surface area contributed by atoms with Crippen LogP contribution in [0.5, 0.6) is 0 Å². The van der Waals surface area contributed by atoms with Gasteiger partial charge >= 0.3 is 0 Å². The molecule has 1 heterocycles. The highest BCUT2D eigenvalue weighted by Gasteiger charge is 2.08. The third-order valence-corrected chi connectivity index (χ3v) is 3.57. The number of nitrogens with two attached hydrogens (primary N) is 1. The van der Waals surface area contributed by atoms with E-state index in [1.54, 1.807) is 6.26 Å². The van der Waals surface area contributed by atoms with E-state index in [1.807, 2.05) is 32.0 Å². The quantitative estimate of drug-likeness (QED) is 0.929. The number of halogens is 1. The zero-order valence-corrected chi connectivity index (χ0v) is 11.9. The average molecular weight is 283 g/mol. The molecule has 0 fully saturated rings. The van der Waals surface area contributed by atoms with Crippen molar-refractivity contribution in [2.24, 2.45) is 5.73 Å². The van der Waals surface area contributed by atoms with Gasteiger partial charge in [0.2, 0.25) is 0 Å². The number of aryl methyl sites for hydroxylation is 1. The largest absolute Gasteiger partial charge is 0.439 e. The molecule has 1 aromatic carbocycles. The predicted molar refractivity (Wildman–Crippen MR) is 74.2 cm³/mol. The number of aromatic nitrogens is 1. The molecule has 0 aliphatic rings. The second-order valence-corrected chi connectivity index (χ2v) is 5.72. The highest BCUT2D eigenvalue weighted by Crippen LogP contribution is 2.30. The number of oxazole rings is 1. The van der Waals surface area contributed by atoms with Crippen molar-refractivity contribution in [2.45, 2.75) is 36.4 Å². The van der Waals surface area contributed by atoms with Gasteiger partial charge in [-0.15, -0.1) is 0 Å². The van der Waals surface area contributed by atoms with Crippen LogP contribution in [0.25, 0.3) is 0 Å². The van der Waals surface area contributed by atoms with Crippen molar-refractivity contribution in [3.8, 4) is 0 Å². The van der Waals surface area contributed by atoms with Crippen molar-refractivity contribution in [3.63, 3.8) is 0 Å². The second kappa shape index (κ2) is 5.78. The van der Waals surface area contributed by atoms with E-state index >= 15 is 0 Å². The Morgan fingerprint density at radius 1 is 1.50 bits per heavy atom. The third-order valence-electron chi connectivity index (χ3n) is 2.37. The van der Waals surface area contributed by atoms with Crippen LogP contribution in [-0.4, -0.2) is 11.0 Å². The van der Waals surface area contributed by atoms with Gasteiger partial charge in [-0.25, -0.2) is 4.98 Å². The van der Waals surface area contributed by atoms with Crippen LogP contribution in [0.3, 0.4) is 0 Å². The molecule has 5 heteroatoms. The zero-order chi connectivity index (χ0) is 13.1. The molecule has 0 saturated carbocycles. The van der Waals surface area contributed by atoms with Crippen LogP contribution in [0.1, 0.15) is 18.2 Å². The molecule has 96 valence electrons. The van der Waals surface area contributed by atoms with Crippen LogP contribution < -0.4 is 5.73 Å². The Balaban J connectivity index is 2.13. The first-order valence-electron chi connectivity index (χ1n) is 5.68. The third kappa shape index (κ3) is 3.51. The first-order chi connectivity index (χ1) is 8.54. The lowest BCUT2D eigenvalue weighted by Crippen LogP contribution is -2.17. The molecule has 3 nitrogen and oxygen atoms in total. The Morgan fingerprint density at radius 3 is 2.83 bits per heavy atom. The highest BCUT2D eigenvalue weighted by molar-refractivity contribution is 7.99. The maximum atomic E-state index is 6.22. The fourth-order valence-corrected chi connectivity index (χ4v) is 2.71. The van der Waals surface area contributed by atoms with Gasteiger partial charge in [0, 0.05) is 16.0 Å². The molecule has 1 atom stereocenters. The van der Waals surface area contributed by atoms with Gasteiger partial charge in [-0.3, -0.25) is 0 Å². The lowest BCUT2D eigenvalue weighted by Gasteiger charge is -2.08. The lowest BCUT2D eigenvalue weighted by molar-refractivity contribution is 0.454. The Kier molecular flexibility index (Phi) is 4.32. The molecule has 0 radical (unpaired) electrons. The molecular weight excluding hydrogens is 268 g/mol. The summed E-state index contributed by atoms with van der Waals surface area (Å²) in [6.07, 6.45) is 2.41. The van der Waals surface area contributed by atoms with Gasteiger partial charge in [0.1, 0.15) is 6.26 Å². The standard InChI is InChI=1S/C13H15ClN2OS/c1-8(15)5-10-3-4-11(6-12(10)14)18-13-16-9(2)7-17-13/h3-4,6-8H,5,15H2,1-2H3. The van der Waals surface area contributed by atoms with Crippen molar-refractivity contribution in [2.75, 3.05) is 0 Å². The number of hydrogen-bond acceptors (Lipinski definition) is 4. The molecule has 2 aromatic rings. The molecule has 0 bridgehead atoms. The molecular formula is C13H15ClN2OS. The maximum Gasteiger partial charge on any atom is 0.260 e. The van der Waals surface area contributed by atoms with E-state index < -0.39 is 0 Å². The number of hydrogen-bond donors (Lipinski definition) is 1. The first kappa shape index (κ1) is 13.5. The van der Waals surface area contributed by atoms with E-state index in [2.05, 4.69) is 4.98 Å². The summed E-state index contributed by atoms with van der Waals surface area (Å²) in [6, 6.07) is 6.04. The van der Waals surface area contributed by atoms with E-state index in [1.165, 1.54) is 11.8 Å². The summed E-state index contributed by atoms with van der Waals surface area (Å²) in [7, 11) is 0. The smallest absolute Gasteiger partial charge is 0.260 e. The number of nitrogens with zero attached hydrogens (tertiary/aromatic N) is 1. The molecule has 18 heavy (non-hydrogen) atoms. The molecule has 1 unspecified atom stereocenters. The van der Waals surface area contributed by atoms with Crippen molar-refractivity contribution in [1.82, 2.24) is 4.98 Å². The van der Waals surface area contributed by atoms with Crippen LogP contribution in [-0.2, 0) is 6.42 Å². The van der Waals surface area contributed by atoms with Crippen LogP contribution >= 0.6 is 23.4 Å². The van der Waals surface area contributed by atoms with Crippen molar-refractivity contribution < 1.29 is 4.42 Å². The molecule has 2 N–H and O–H groups in total. The predicted octanol–water partition coefficient (Wildman–Crippen LogP) is 3.68. The van der Waals surface area contributed by atoms with Crippen LogP contribution in [0.4, 0.5) is 0 Å². The molecule has 1 aromatic heterocycles. The fourth-order valence-electron chi connectivity index (χ4n) is 1.58. The molecule has 0 aliphatic heterocycles. The Labute approximate surface area is 116 Å². The van der Waals surface area contributed by atoms with Gasteiger partial charge in [0.05, 0.1) is 5.69 Å². The maximum absolute atomic E-state index is 6.22. The zero-order valence-electron chi connectivity index (χ0n) is 10.3. The Hall–Kier alpha value is -0.970. The minimum atomic E-state index is 0.107. The Morgan fingerprint density at radius 2 is 2.28 bits per heavy atom. The average Bonchev–Trinajstić information content (AvgIpc) is 2.68. The SMILES string of the molecule is Cc1coc(Sc2ccc(CC(C)N)c(Cl)c2)n1. The first-order valence-corrected chi connectivity index (χ1v) is 6.88. The van der Waals surface area contributed by atoms with Crippen LogP contribution in [0.2, 0.25) is 5.02 Å². The molecule has 0 aliphatic carbocycles. The molecule has 0 spiro atoms. The Bertz CT molecular complexity index is 540. The van der Waals surface area contributed by atoms with Crippen LogP contribution in [0, 0.1) is 6.92 Å². The lowest BCUT2D eigenvalue weighted by atomic mass is 10.1. The summed E-state index contributed by atoms with van der Waals surface area (Å²) >= 11 is 7.68. The minimum absolute atomic E-state index is 0.107. The van der Waals surface area contributed by atoms with Crippen molar-refractivity contribution in [1.29, 1.82) is 0 Å². The number of benzene rings is 1. The highest BCUT2D eigenvalue weighted by atomic mass is 35.5. The summed E-state index contributed by atoms with van der Waals surface area (Å²) in [5, 5.41) is 1.36. The monoisotopic (exact) mass is 282 g/mol. The second-order valence-electron chi connectivity index (χ2n) is 4.29. The van der Waals surface area contributed by atoms with Crippen molar-refractivity contribution in [3.05, 3.63) is 40.7 Å². The minimum Gasteiger partial charge on any atom is -0.439 e. The molecule has 2 rings (SSSR count). The van der Waals surface area contributed by atoms with Gasteiger partial charge in [0.15, 0.2) is 0 Å².